The van der Waals surface area contributed by atoms with Crippen LogP contribution in [0.4, 0.5) is 0 Å². The summed E-state index contributed by atoms with van der Waals surface area (Å²) in [5.41, 5.74) is 1.78. The maximum Gasteiger partial charge on any atom is 0.277 e. The zero-order valence-corrected chi connectivity index (χ0v) is 17.4. The molecule has 0 unspecified atom stereocenters. The third-order valence-corrected chi connectivity index (χ3v) is 7.24. The molecule has 1 aliphatic rings. The topological polar surface area (TPSA) is 87.4 Å². The zero-order valence-electron chi connectivity index (χ0n) is 16.6. The number of amides is 1. The number of rotatable bonds is 6. The van der Waals surface area contributed by atoms with Gasteiger partial charge in [0.05, 0.1) is 11.2 Å². The fourth-order valence-electron chi connectivity index (χ4n) is 3.48. The van der Waals surface area contributed by atoms with E-state index in [-0.39, 0.29) is 11.9 Å². The van der Waals surface area contributed by atoms with Crippen LogP contribution in [0.2, 0.25) is 0 Å². The highest BCUT2D eigenvalue weighted by atomic mass is 32.2. The van der Waals surface area contributed by atoms with E-state index < -0.39 is 10.0 Å². The third kappa shape index (κ3) is 4.45. The molecular weight excluding hydrogens is 378 g/mol. The molecule has 152 valence electrons. The van der Waals surface area contributed by atoms with Crippen molar-refractivity contribution in [1.29, 1.82) is 0 Å². The van der Waals surface area contributed by atoms with Crippen LogP contribution in [0, 0.1) is 13.8 Å². The van der Waals surface area contributed by atoms with Crippen LogP contribution in [-0.4, -0.2) is 56.3 Å². The molecule has 2 N–H and O–H groups in total. The van der Waals surface area contributed by atoms with Gasteiger partial charge in [-0.15, -0.1) is 0 Å². The summed E-state index contributed by atoms with van der Waals surface area (Å²) >= 11 is 0. The second kappa shape index (κ2) is 8.46. The van der Waals surface area contributed by atoms with Gasteiger partial charge in [0.25, 0.3) is 5.91 Å². The van der Waals surface area contributed by atoms with Gasteiger partial charge < -0.3 is 14.6 Å². The SMILES string of the molecule is Cc1ccc(S(=O)(=O)N2CCN(C(=O)C[NH2+][C@@H](C)c3ccco3)CC2)c(C)c1. The maximum absolute atomic E-state index is 12.9. The first-order valence-electron chi connectivity index (χ1n) is 9.51. The lowest BCUT2D eigenvalue weighted by Gasteiger charge is -2.34. The van der Waals surface area contributed by atoms with Gasteiger partial charge >= 0.3 is 0 Å². The van der Waals surface area contributed by atoms with Gasteiger partial charge in [-0.2, -0.15) is 4.31 Å². The first kappa shape index (κ1) is 20.6. The second-order valence-corrected chi connectivity index (χ2v) is 9.20. The Hall–Kier alpha value is -2.16. The Morgan fingerprint density at radius 3 is 2.50 bits per heavy atom. The quantitative estimate of drug-likeness (QED) is 0.777. The molecule has 2 heterocycles. The number of nitrogens with zero attached hydrogens (tertiary/aromatic N) is 2. The number of carbonyl (C=O) groups is 1. The number of quaternary nitrogens is 1. The Morgan fingerprint density at radius 2 is 1.89 bits per heavy atom. The minimum absolute atomic E-state index is 0.0157. The van der Waals surface area contributed by atoms with E-state index >= 15 is 0 Å². The number of sulfonamides is 1. The molecule has 7 nitrogen and oxygen atoms in total. The van der Waals surface area contributed by atoms with Crippen molar-refractivity contribution < 1.29 is 22.9 Å². The lowest BCUT2D eigenvalue weighted by atomic mass is 10.2. The van der Waals surface area contributed by atoms with E-state index in [2.05, 4.69) is 0 Å². The molecule has 8 heteroatoms. The Labute approximate surface area is 166 Å². The van der Waals surface area contributed by atoms with Crippen molar-refractivity contribution in [1.82, 2.24) is 9.21 Å². The fraction of sp³-hybridized carbons (Fsp3) is 0.450. The van der Waals surface area contributed by atoms with Gasteiger partial charge in [0.1, 0.15) is 6.04 Å². The van der Waals surface area contributed by atoms with Gasteiger partial charge in [-0.3, -0.25) is 4.79 Å². The van der Waals surface area contributed by atoms with Crippen LogP contribution in [-0.2, 0) is 14.8 Å². The predicted molar refractivity (Wildman–Crippen MR) is 105 cm³/mol. The Morgan fingerprint density at radius 1 is 1.18 bits per heavy atom. The normalized spacial score (nSPS) is 16.9. The number of carbonyl (C=O) groups excluding carboxylic acids is 1. The first-order chi connectivity index (χ1) is 13.3. The number of furan rings is 1. The summed E-state index contributed by atoms with van der Waals surface area (Å²) in [7, 11) is -3.54. The van der Waals surface area contributed by atoms with Crippen molar-refractivity contribution in [2.24, 2.45) is 0 Å². The van der Waals surface area contributed by atoms with Crippen molar-refractivity contribution in [2.75, 3.05) is 32.7 Å². The molecule has 28 heavy (non-hydrogen) atoms. The summed E-state index contributed by atoms with van der Waals surface area (Å²) in [6, 6.07) is 9.14. The molecule has 1 fully saturated rings. The average molecular weight is 407 g/mol. The van der Waals surface area contributed by atoms with Gasteiger partial charge in [-0.25, -0.2) is 8.42 Å². The molecule has 1 amide bonds. The number of hydrogen-bond acceptors (Lipinski definition) is 4. The molecule has 1 aromatic carbocycles. The van der Waals surface area contributed by atoms with E-state index in [4.69, 9.17) is 4.42 Å². The smallest absolute Gasteiger partial charge is 0.277 e. The number of hydrogen-bond donors (Lipinski definition) is 1. The fourth-order valence-corrected chi connectivity index (χ4v) is 5.11. The third-order valence-electron chi connectivity index (χ3n) is 5.18. The molecular formula is C20H28N3O4S+. The van der Waals surface area contributed by atoms with Gasteiger partial charge in [0.2, 0.25) is 10.0 Å². The van der Waals surface area contributed by atoms with E-state index in [0.717, 1.165) is 16.9 Å². The van der Waals surface area contributed by atoms with Crippen LogP contribution in [0.25, 0.3) is 0 Å². The van der Waals surface area contributed by atoms with Crippen molar-refractivity contribution in [2.45, 2.75) is 31.7 Å². The molecule has 0 radical (unpaired) electrons. The minimum atomic E-state index is -3.54. The number of nitrogens with two attached hydrogens (primary N) is 1. The number of benzene rings is 1. The van der Waals surface area contributed by atoms with Crippen molar-refractivity contribution in [3.63, 3.8) is 0 Å². The van der Waals surface area contributed by atoms with Crippen LogP contribution in [0.15, 0.2) is 45.9 Å². The lowest BCUT2D eigenvalue weighted by Crippen LogP contribution is -2.87. The molecule has 1 aliphatic heterocycles. The van der Waals surface area contributed by atoms with Crippen LogP contribution in [0.5, 0.6) is 0 Å². The molecule has 1 aromatic heterocycles. The van der Waals surface area contributed by atoms with Crippen LogP contribution in [0.1, 0.15) is 29.9 Å². The zero-order chi connectivity index (χ0) is 20.3. The molecule has 1 atom stereocenters. The molecule has 1 saturated heterocycles. The Kier molecular flexibility index (Phi) is 6.22. The van der Waals surface area contributed by atoms with E-state index in [0.29, 0.717) is 37.6 Å². The molecule has 0 bridgehead atoms. The highest BCUT2D eigenvalue weighted by molar-refractivity contribution is 7.89. The summed E-state index contributed by atoms with van der Waals surface area (Å²) in [6.07, 6.45) is 1.62. The predicted octanol–water partition coefficient (Wildman–Crippen LogP) is 1.05. The summed E-state index contributed by atoms with van der Waals surface area (Å²) in [5, 5.41) is 1.93. The molecule has 2 aromatic rings. The lowest BCUT2D eigenvalue weighted by molar-refractivity contribution is -0.685. The van der Waals surface area contributed by atoms with Crippen LogP contribution >= 0.6 is 0 Å². The van der Waals surface area contributed by atoms with Crippen molar-refractivity contribution >= 4 is 15.9 Å². The number of piperazine rings is 1. The summed E-state index contributed by atoms with van der Waals surface area (Å²) in [4.78, 5) is 14.6. The van der Waals surface area contributed by atoms with Crippen molar-refractivity contribution in [3.8, 4) is 0 Å². The van der Waals surface area contributed by atoms with Gasteiger partial charge in [-0.1, -0.05) is 17.7 Å². The van der Waals surface area contributed by atoms with E-state index in [1.54, 1.807) is 17.2 Å². The minimum Gasteiger partial charge on any atom is -0.463 e. The largest absolute Gasteiger partial charge is 0.463 e. The highest BCUT2D eigenvalue weighted by Crippen LogP contribution is 2.22. The number of aryl methyl sites for hydroxylation is 2. The average Bonchev–Trinajstić information content (AvgIpc) is 3.20. The highest BCUT2D eigenvalue weighted by Gasteiger charge is 2.31. The maximum atomic E-state index is 12.9. The first-order valence-corrected chi connectivity index (χ1v) is 10.9. The van der Waals surface area contributed by atoms with E-state index in [1.807, 2.05) is 50.4 Å². The van der Waals surface area contributed by atoms with Gasteiger partial charge in [0, 0.05) is 26.2 Å². The summed E-state index contributed by atoms with van der Waals surface area (Å²) in [5.74, 6) is 0.846. The Balaban J connectivity index is 1.55. The van der Waals surface area contributed by atoms with Crippen molar-refractivity contribution in [3.05, 3.63) is 53.5 Å². The molecule has 0 spiro atoms. The molecule has 3 rings (SSSR count). The standard InChI is InChI=1S/C20H27N3O4S/c1-15-6-7-19(16(2)13-15)28(25,26)23-10-8-22(9-11-23)20(24)14-21-17(3)18-5-4-12-27-18/h4-7,12-13,17,21H,8-11,14H2,1-3H3/p+1/t17-/m0/s1. The molecule has 0 saturated carbocycles. The summed E-state index contributed by atoms with van der Waals surface area (Å²) < 4.78 is 32.7. The van der Waals surface area contributed by atoms with Gasteiger partial charge in [-0.05, 0) is 44.5 Å². The Bertz CT molecular complexity index is 917. The molecule has 0 aliphatic carbocycles. The van der Waals surface area contributed by atoms with E-state index in [9.17, 15) is 13.2 Å². The second-order valence-electron chi connectivity index (χ2n) is 7.30. The van der Waals surface area contributed by atoms with E-state index in [1.165, 1.54) is 4.31 Å². The van der Waals surface area contributed by atoms with Crippen LogP contribution in [0.3, 0.4) is 0 Å². The van der Waals surface area contributed by atoms with Gasteiger partial charge in [0.15, 0.2) is 12.3 Å². The monoisotopic (exact) mass is 406 g/mol. The van der Waals surface area contributed by atoms with Crippen LogP contribution < -0.4 is 5.32 Å². The summed E-state index contributed by atoms with van der Waals surface area (Å²) in [6.45, 7) is 7.50.